The van der Waals surface area contributed by atoms with Gasteiger partial charge in [-0.1, -0.05) is 38.2 Å². The molecule has 3 heteroatoms. The Labute approximate surface area is 124 Å². The fraction of sp³-hybridized carbons (Fsp3) is 0.824. The Balaban J connectivity index is 2.27. The van der Waals surface area contributed by atoms with E-state index in [2.05, 4.69) is 6.58 Å². The highest BCUT2D eigenvalue weighted by atomic mass is 16.2. The average molecular weight is 280 g/mol. The minimum Gasteiger partial charge on any atom is -0.339 e. The number of carbonyl (C=O) groups is 1. The summed E-state index contributed by atoms with van der Waals surface area (Å²) >= 11 is 0. The quantitative estimate of drug-likeness (QED) is 0.492. The van der Waals surface area contributed by atoms with Crippen LogP contribution in [-0.4, -0.2) is 30.4 Å². The van der Waals surface area contributed by atoms with E-state index in [4.69, 9.17) is 5.73 Å². The summed E-state index contributed by atoms with van der Waals surface area (Å²) in [7, 11) is 0. The zero-order chi connectivity index (χ0) is 14.6. The molecule has 116 valence electrons. The van der Waals surface area contributed by atoms with Gasteiger partial charge >= 0.3 is 0 Å². The van der Waals surface area contributed by atoms with Gasteiger partial charge in [-0.3, -0.25) is 4.79 Å². The van der Waals surface area contributed by atoms with Crippen molar-refractivity contribution < 1.29 is 4.79 Å². The minimum absolute atomic E-state index is 0.309. The maximum absolute atomic E-state index is 12.3. The van der Waals surface area contributed by atoms with Crippen molar-refractivity contribution >= 4 is 5.91 Å². The topological polar surface area (TPSA) is 46.3 Å². The SMILES string of the molecule is C=CCN(CC1CCCCC1)C(=O)CCCCCCN. The predicted molar refractivity (Wildman–Crippen MR) is 85.5 cm³/mol. The van der Waals surface area contributed by atoms with Crippen molar-refractivity contribution in [3.8, 4) is 0 Å². The van der Waals surface area contributed by atoms with Crippen LogP contribution in [-0.2, 0) is 4.79 Å². The van der Waals surface area contributed by atoms with Gasteiger partial charge in [0.05, 0.1) is 0 Å². The minimum atomic E-state index is 0.309. The maximum Gasteiger partial charge on any atom is 0.222 e. The first-order chi connectivity index (χ1) is 9.77. The van der Waals surface area contributed by atoms with E-state index in [1.807, 2.05) is 11.0 Å². The van der Waals surface area contributed by atoms with E-state index in [9.17, 15) is 4.79 Å². The number of unbranched alkanes of at least 4 members (excludes halogenated alkanes) is 3. The molecule has 1 amide bonds. The Morgan fingerprint density at radius 1 is 1.15 bits per heavy atom. The number of rotatable bonds is 10. The molecule has 0 radical (unpaired) electrons. The van der Waals surface area contributed by atoms with Gasteiger partial charge in [0.25, 0.3) is 0 Å². The molecule has 0 bridgehead atoms. The van der Waals surface area contributed by atoms with Crippen LogP contribution in [0.15, 0.2) is 12.7 Å². The van der Waals surface area contributed by atoms with Crippen LogP contribution < -0.4 is 5.73 Å². The van der Waals surface area contributed by atoms with Gasteiger partial charge < -0.3 is 10.6 Å². The molecule has 3 nitrogen and oxygen atoms in total. The van der Waals surface area contributed by atoms with Gasteiger partial charge in [0.15, 0.2) is 0 Å². The van der Waals surface area contributed by atoms with E-state index in [-0.39, 0.29) is 0 Å². The third-order valence-electron chi connectivity index (χ3n) is 4.25. The van der Waals surface area contributed by atoms with E-state index in [0.717, 1.165) is 38.8 Å². The van der Waals surface area contributed by atoms with Crippen molar-refractivity contribution in [2.24, 2.45) is 11.7 Å². The van der Waals surface area contributed by atoms with Crippen molar-refractivity contribution in [3.63, 3.8) is 0 Å². The Morgan fingerprint density at radius 2 is 1.85 bits per heavy atom. The highest BCUT2D eigenvalue weighted by molar-refractivity contribution is 5.76. The highest BCUT2D eigenvalue weighted by Gasteiger charge is 2.19. The van der Waals surface area contributed by atoms with E-state index in [0.29, 0.717) is 24.8 Å². The van der Waals surface area contributed by atoms with Crippen LogP contribution >= 0.6 is 0 Å². The lowest BCUT2D eigenvalue weighted by Gasteiger charge is -2.29. The summed E-state index contributed by atoms with van der Waals surface area (Å²) in [5, 5.41) is 0. The zero-order valence-electron chi connectivity index (χ0n) is 13.0. The van der Waals surface area contributed by atoms with Crippen LogP contribution in [0.2, 0.25) is 0 Å². The normalized spacial score (nSPS) is 16.1. The van der Waals surface area contributed by atoms with Crippen molar-refractivity contribution in [3.05, 3.63) is 12.7 Å². The molecule has 0 unspecified atom stereocenters. The summed E-state index contributed by atoms with van der Waals surface area (Å²) in [6.45, 7) is 6.20. The van der Waals surface area contributed by atoms with Crippen LogP contribution in [0.3, 0.4) is 0 Å². The van der Waals surface area contributed by atoms with Crippen LogP contribution in [0, 0.1) is 5.92 Å². The molecule has 1 aliphatic rings. The Kier molecular flexibility index (Phi) is 9.38. The summed E-state index contributed by atoms with van der Waals surface area (Å²) in [5.74, 6) is 1.02. The molecule has 0 aromatic heterocycles. The molecule has 0 atom stereocenters. The standard InChI is InChI=1S/C17H32N2O/c1-2-14-19(15-16-10-6-5-7-11-16)17(20)12-8-3-4-9-13-18/h2,16H,1,3-15,18H2. The highest BCUT2D eigenvalue weighted by Crippen LogP contribution is 2.24. The molecule has 20 heavy (non-hydrogen) atoms. The molecule has 1 rings (SSSR count). The van der Waals surface area contributed by atoms with E-state index in [1.165, 1.54) is 32.1 Å². The van der Waals surface area contributed by atoms with E-state index in [1.54, 1.807) is 0 Å². The average Bonchev–Trinajstić information content (AvgIpc) is 2.47. The van der Waals surface area contributed by atoms with Crippen molar-refractivity contribution in [2.45, 2.75) is 64.2 Å². The Hall–Kier alpha value is -0.830. The lowest BCUT2D eigenvalue weighted by molar-refractivity contribution is -0.131. The fourth-order valence-electron chi connectivity index (χ4n) is 3.05. The third kappa shape index (κ3) is 7.09. The zero-order valence-corrected chi connectivity index (χ0v) is 13.0. The first-order valence-corrected chi connectivity index (χ1v) is 8.36. The van der Waals surface area contributed by atoms with E-state index >= 15 is 0 Å². The van der Waals surface area contributed by atoms with E-state index < -0.39 is 0 Å². The van der Waals surface area contributed by atoms with Gasteiger partial charge in [-0.2, -0.15) is 0 Å². The monoisotopic (exact) mass is 280 g/mol. The molecule has 0 heterocycles. The molecule has 1 aliphatic carbocycles. The fourth-order valence-corrected chi connectivity index (χ4v) is 3.05. The molecule has 1 saturated carbocycles. The molecule has 0 spiro atoms. The van der Waals surface area contributed by atoms with Crippen LogP contribution in [0.25, 0.3) is 0 Å². The number of amides is 1. The summed E-state index contributed by atoms with van der Waals surface area (Å²) in [6, 6.07) is 0. The molecular weight excluding hydrogens is 248 g/mol. The lowest BCUT2D eigenvalue weighted by atomic mass is 9.89. The number of nitrogens with zero attached hydrogens (tertiary/aromatic N) is 1. The van der Waals surface area contributed by atoms with Gasteiger partial charge in [0.2, 0.25) is 5.91 Å². The molecular formula is C17H32N2O. The first-order valence-electron chi connectivity index (χ1n) is 8.36. The smallest absolute Gasteiger partial charge is 0.222 e. The number of nitrogens with two attached hydrogens (primary N) is 1. The predicted octanol–water partition coefficient (Wildman–Crippen LogP) is 3.49. The van der Waals surface area contributed by atoms with Crippen molar-refractivity contribution in [1.29, 1.82) is 0 Å². The molecule has 0 saturated heterocycles. The molecule has 0 aromatic carbocycles. The Morgan fingerprint density at radius 3 is 2.50 bits per heavy atom. The number of carbonyl (C=O) groups excluding carboxylic acids is 1. The van der Waals surface area contributed by atoms with Gasteiger partial charge in [0, 0.05) is 19.5 Å². The van der Waals surface area contributed by atoms with Crippen molar-refractivity contribution in [1.82, 2.24) is 4.90 Å². The summed E-state index contributed by atoms with van der Waals surface area (Å²) in [6.07, 6.45) is 13.5. The third-order valence-corrected chi connectivity index (χ3v) is 4.25. The van der Waals surface area contributed by atoms with Gasteiger partial charge in [0.1, 0.15) is 0 Å². The molecule has 2 N–H and O–H groups in total. The molecule has 0 aliphatic heterocycles. The molecule has 0 aromatic rings. The van der Waals surface area contributed by atoms with Crippen molar-refractivity contribution in [2.75, 3.05) is 19.6 Å². The lowest BCUT2D eigenvalue weighted by Crippen LogP contribution is -2.36. The summed E-state index contributed by atoms with van der Waals surface area (Å²) < 4.78 is 0. The maximum atomic E-state index is 12.3. The summed E-state index contributed by atoms with van der Waals surface area (Å²) in [5.41, 5.74) is 5.48. The first kappa shape index (κ1) is 17.2. The number of hydrogen-bond acceptors (Lipinski definition) is 2. The van der Waals surface area contributed by atoms with Crippen LogP contribution in [0.1, 0.15) is 64.2 Å². The second-order valence-corrected chi connectivity index (χ2v) is 6.04. The Bertz CT molecular complexity index is 272. The second kappa shape index (κ2) is 10.9. The number of hydrogen-bond donors (Lipinski definition) is 1. The van der Waals surface area contributed by atoms with Gasteiger partial charge in [-0.05, 0) is 38.1 Å². The molecule has 1 fully saturated rings. The summed E-state index contributed by atoms with van der Waals surface area (Å²) in [4.78, 5) is 14.3. The van der Waals surface area contributed by atoms with Gasteiger partial charge in [-0.25, -0.2) is 0 Å². The second-order valence-electron chi connectivity index (χ2n) is 6.04. The van der Waals surface area contributed by atoms with Crippen LogP contribution in [0.4, 0.5) is 0 Å². The van der Waals surface area contributed by atoms with Crippen LogP contribution in [0.5, 0.6) is 0 Å². The largest absolute Gasteiger partial charge is 0.339 e. The van der Waals surface area contributed by atoms with Gasteiger partial charge in [-0.15, -0.1) is 6.58 Å².